The summed E-state index contributed by atoms with van der Waals surface area (Å²) in [5.74, 6) is 0.212. The van der Waals surface area contributed by atoms with E-state index in [2.05, 4.69) is 20.6 Å². The summed E-state index contributed by atoms with van der Waals surface area (Å²) in [6, 6.07) is 11.0. The molecule has 4 aromatic rings. The van der Waals surface area contributed by atoms with Gasteiger partial charge in [0.25, 0.3) is 5.91 Å². The predicted molar refractivity (Wildman–Crippen MR) is 157 cm³/mol. The van der Waals surface area contributed by atoms with Crippen molar-refractivity contribution in [2.24, 2.45) is 0 Å². The van der Waals surface area contributed by atoms with Crippen LogP contribution in [-0.4, -0.2) is 32.9 Å². The van der Waals surface area contributed by atoms with E-state index in [9.17, 15) is 22.8 Å². The van der Waals surface area contributed by atoms with Crippen LogP contribution in [-0.2, 0) is 12.7 Å². The van der Waals surface area contributed by atoms with Crippen molar-refractivity contribution in [3.8, 4) is 0 Å². The SMILES string of the molecule is Cc1cc(C)c(Nc2ncc3c(n2)N(C2CC2)C(=O)N(c2cc(NC(=O)c4cccc(C(F)(F)F)c4)ccc2C)C3)cn1. The fourth-order valence-corrected chi connectivity index (χ4v) is 5.05. The van der Waals surface area contributed by atoms with Crippen LogP contribution in [0.5, 0.6) is 0 Å². The van der Waals surface area contributed by atoms with Crippen molar-refractivity contribution >= 4 is 40.8 Å². The first-order valence-corrected chi connectivity index (χ1v) is 13.7. The lowest BCUT2D eigenvalue weighted by Crippen LogP contribution is -2.49. The molecule has 3 heterocycles. The average molecular weight is 588 g/mol. The Morgan fingerprint density at radius 3 is 2.49 bits per heavy atom. The zero-order chi connectivity index (χ0) is 30.5. The lowest BCUT2D eigenvalue weighted by Gasteiger charge is -2.37. The first-order valence-electron chi connectivity index (χ1n) is 13.7. The van der Waals surface area contributed by atoms with Crippen LogP contribution in [0.25, 0.3) is 0 Å². The Kier molecular flexibility index (Phi) is 6.99. The topological polar surface area (TPSA) is 103 Å². The zero-order valence-corrected chi connectivity index (χ0v) is 23.7. The summed E-state index contributed by atoms with van der Waals surface area (Å²) in [7, 11) is 0. The van der Waals surface area contributed by atoms with Crippen LogP contribution in [0, 0.1) is 20.8 Å². The number of pyridine rings is 1. The number of amides is 3. The zero-order valence-electron chi connectivity index (χ0n) is 23.7. The molecule has 0 bridgehead atoms. The van der Waals surface area contributed by atoms with Gasteiger partial charge in [-0.05, 0) is 81.1 Å². The van der Waals surface area contributed by atoms with Crippen molar-refractivity contribution in [2.75, 3.05) is 20.4 Å². The van der Waals surface area contributed by atoms with Gasteiger partial charge in [0, 0.05) is 34.7 Å². The Hall–Kier alpha value is -5.00. The molecule has 2 aromatic heterocycles. The molecule has 0 atom stereocenters. The van der Waals surface area contributed by atoms with E-state index in [4.69, 9.17) is 4.98 Å². The van der Waals surface area contributed by atoms with Crippen LogP contribution in [0.2, 0.25) is 0 Å². The molecule has 3 amide bonds. The highest BCUT2D eigenvalue weighted by Gasteiger charge is 2.42. The molecule has 2 N–H and O–H groups in total. The van der Waals surface area contributed by atoms with Crippen LogP contribution < -0.4 is 20.4 Å². The quantitative estimate of drug-likeness (QED) is 0.254. The summed E-state index contributed by atoms with van der Waals surface area (Å²) >= 11 is 0. The highest BCUT2D eigenvalue weighted by Crippen LogP contribution is 2.40. The molecule has 2 aromatic carbocycles. The second kappa shape index (κ2) is 10.7. The number of aromatic nitrogens is 3. The highest BCUT2D eigenvalue weighted by atomic mass is 19.4. The minimum absolute atomic E-state index is 0.00341. The van der Waals surface area contributed by atoms with Crippen LogP contribution in [0.3, 0.4) is 0 Å². The molecular weight excluding hydrogens is 559 g/mol. The second-order valence-corrected chi connectivity index (χ2v) is 10.8. The third kappa shape index (κ3) is 5.72. The van der Waals surface area contributed by atoms with Crippen LogP contribution in [0.4, 0.5) is 46.8 Å². The molecule has 43 heavy (non-hydrogen) atoms. The van der Waals surface area contributed by atoms with E-state index in [1.807, 2.05) is 26.8 Å². The number of halogens is 3. The van der Waals surface area contributed by atoms with Gasteiger partial charge in [0.15, 0.2) is 0 Å². The first-order chi connectivity index (χ1) is 20.5. The summed E-state index contributed by atoms with van der Waals surface area (Å²) in [5.41, 5.74) is 4.07. The molecule has 1 aliphatic carbocycles. The van der Waals surface area contributed by atoms with E-state index >= 15 is 0 Å². The molecule has 0 radical (unpaired) electrons. The Bertz CT molecular complexity index is 1750. The van der Waals surface area contributed by atoms with Crippen LogP contribution in [0.15, 0.2) is 60.9 Å². The summed E-state index contributed by atoms with van der Waals surface area (Å²) in [4.78, 5) is 43.7. The summed E-state index contributed by atoms with van der Waals surface area (Å²) in [6.45, 7) is 5.93. The van der Waals surface area contributed by atoms with E-state index < -0.39 is 17.6 Å². The standard InChI is InChI=1S/C31H28F3N7O2/c1-17-7-8-23(37-28(42)20-5-4-6-22(12-20)31(32,33)34)13-26(17)40-16-21-14-36-29(38-25-15-35-19(3)11-18(25)2)39-27(21)41(30(40)43)24-9-10-24/h4-8,11-15,24H,9-10,16H2,1-3H3,(H,37,42)(H,36,38,39). The number of aryl methyl sites for hydroxylation is 3. The maximum absolute atomic E-state index is 13.9. The third-order valence-electron chi connectivity index (χ3n) is 7.45. The molecule has 0 saturated heterocycles. The van der Waals surface area contributed by atoms with Crippen LogP contribution >= 0.6 is 0 Å². The molecule has 220 valence electrons. The minimum atomic E-state index is -4.57. The molecule has 1 saturated carbocycles. The number of anilines is 5. The monoisotopic (exact) mass is 587 g/mol. The van der Waals surface area contributed by atoms with Gasteiger partial charge in [-0.1, -0.05) is 12.1 Å². The molecule has 0 unspecified atom stereocenters. The highest BCUT2D eigenvalue weighted by molar-refractivity contribution is 6.08. The van der Waals surface area contributed by atoms with Crippen molar-refractivity contribution in [1.29, 1.82) is 0 Å². The Labute approximate surface area is 245 Å². The maximum Gasteiger partial charge on any atom is 0.416 e. The van der Waals surface area contributed by atoms with Gasteiger partial charge in [0.1, 0.15) is 5.82 Å². The molecule has 9 nitrogen and oxygen atoms in total. The number of benzene rings is 2. The second-order valence-electron chi connectivity index (χ2n) is 10.8. The number of hydrogen-bond acceptors (Lipinski definition) is 6. The van der Waals surface area contributed by atoms with E-state index in [-0.39, 0.29) is 24.2 Å². The van der Waals surface area contributed by atoms with Crippen molar-refractivity contribution in [1.82, 2.24) is 15.0 Å². The number of carbonyl (C=O) groups is 2. The van der Waals surface area contributed by atoms with Gasteiger partial charge >= 0.3 is 12.2 Å². The number of nitrogens with zero attached hydrogens (tertiary/aromatic N) is 5. The number of hydrogen-bond donors (Lipinski definition) is 2. The lowest BCUT2D eigenvalue weighted by atomic mass is 10.1. The minimum Gasteiger partial charge on any atom is -0.323 e. The fourth-order valence-electron chi connectivity index (χ4n) is 5.05. The number of carbonyl (C=O) groups excluding carboxylic acids is 2. The predicted octanol–water partition coefficient (Wildman–Crippen LogP) is 6.92. The van der Waals surface area contributed by atoms with E-state index in [1.165, 1.54) is 12.1 Å². The Morgan fingerprint density at radius 1 is 0.977 bits per heavy atom. The number of fused-ring (bicyclic) bond motifs is 1. The summed E-state index contributed by atoms with van der Waals surface area (Å²) in [6.07, 6.45) is 0.548. The molecule has 2 aliphatic rings. The number of nitrogens with one attached hydrogen (secondary N) is 2. The van der Waals surface area contributed by atoms with Gasteiger partial charge in [-0.15, -0.1) is 0 Å². The Balaban J connectivity index is 1.28. The van der Waals surface area contributed by atoms with Gasteiger partial charge < -0.3 is 10.6 Å². The molecule has 1 aliphatic heterocycles. The first kappa shape index (κ1) is 28.1. The summed E-state index contributed by atoms with van der Waals surface area (Å²) < 4.78 is 39.5. The van der Waals surface area contributed by atoms with E-state index in [0.29, 0.717) is 23.1 Å². The fraction of sp³-hybridized carbons (Fsp3) is 0.258. The molecule has 0 spiro atoms. The normalized spacial score (nSPS) is 14.9. The van der Waals surface area contributed by atoms with Gasteiger partial charge in [0.2, 0.25) is 5.95 Å². The summed E-state index contributed by atoms with van der Waals surface area (Å²) in [5, 5.41) is 5.87. The lowest BCUT2D eigenvalue weighted by molar-refractivity contribution is -0.137. The van der Waals surface area contributed by atoms with Crippen molar-refractivity contribution in [2.45, 2.75) is 52.4 Å². The molecule has 12 heteroatoms. The largest absolute Gasteiger partial charge is 0.416 e. The van der Waals surface area contributed by atoms with Crippen molar-refractivity contribution in [3.63, 3.8) is 0 Å². The van der Waals surface area contributed by atoms with E-state index in [1.54, 1.807) is 40.4 Å². The van der Waals surface area contributed by atoms with Gasteiger partial charge in [-0.2, -0.15) is 18.2 Å². The third-order valence-corrected chi connectivity index (χ3v) is 7.45. The van der Waals surface area contributed by atoms with E-state index in [0.717, 1.165) is 53.0 Å². The number of urea groups is 1. The van der Waals surface area contributed by atoms with Crippen molar-refractivity contribution < 1.29 is 22.8 Å². The molecule has 6 rings (SSSR count). The van der Waals surface area contributed by atoms with Crippen LogP contribution in [0.1, 0.15) is 51.1 Å². The van der Waals surface area contributed by atoms with Gasteiger partial charge in [-0.25, -0.2) is 9.78 Å². The Morgan fingerprint density at radius 2 is 1.77 bits per heavy atom. The van der Waals surface area contributed by atoms with Gasteiger partial charge in [0.05, 0.1) is 29.7 Å². The van der Waals surface area contributed by atoms with Crippen molar-refractivity contribution in [3.05, 3.63) is 94.4 Å². The maximum atomic E-state index is 13.9. The number of alkyl halides is 3. The molecular formula is C31H28F3N7O2. The smallest absolute Gasteiger partial charge is 0.323 e. The molecule has 1 fully saturated rings. The number of rotatable bonds is 6. The van der Waals surface area contributed by atoms with Gasteiger partial charge in [-0.3, -0.25) is 19.6 Å². The average Bonchev–Trinajstić information content (AvgIpc) is 3.80.